The van der Waals surface area contributed by atoms with Gasteiger partial charge < -0.3 is 5.73 Å². The molecule has 1 aromatic heterocycles. The van der Waals surface area contributed by atoms with E-state index in [1.165, 1.54) is 0 Å². The highest BCUT2D eigenvalue weighted by Gasteiger charge is 2.07. The van der Waals surface area contributed by atoms with Gasteiger partial charge in [0.15, 0.2) is 5.82 Å². The molecular formula is C11H13N3S. The molecule has 1 heterocycles. The summed E-state index contributed by atoms with van der Waals surface area (Å²) in [7, 11) is 0. The summed E-state index contributed by atoms with van der Waals surface area (Å²) in [5.41, 5.74) is 7.59. The van der Waals surface area contributed by atoms with E-state index >= 15 is 0 Å². The molecule has 0 amide bonds. The largest absolute Gasteiger partial charge is 0.381 e. The molecule has 2 aromatic rings. The van der Waals surface area contributed by atoms with Crippen LogP contribution in [0.25, 0.3) is 11.0 Å². The number of para-hydroxylation sites is 2. The van der Waals surface area contributed by atoms with E-state index in [2.05, 4.69) is 23.8 Å². The Kier molecular flexibility index (Phi) is 2.77. The second-order valence-electron chi connectivity index (χ2n) is 3.57. The minimum atomic E-state index is 0.461. The Morgan fingerprint density at radius 1 is 1.13 bits per heavy atom. The van der Waals surface area contributed by atoms with E-state index in [0.29, 0.717) is 11.1 Å². The zero-order chi connectivity index (χ0) is 10.8. The summed E-state index contributed by atoms with van der Waals surface area (Å²) in [5, 5.41) is 1.28. The van der Waals surface area contributed by atoms with Crippen molar-refractivity contribution < 1.29 is 0 Å². The van der Waals surface area contributed by atoms with Crippen molar-refractivity contribution in [2.45, 2.75) is 24.1 Å². The number of hydrogen-bond donors (Lipinski definition) is 1. The normalized spacial score (nSPS) is 11.1. The minimum absolute atomic E-state index is 0.461. The maximum absolute atomic E-state index is 5.84. The fourth-order valence-electron chi connectivity index (χ4n) is 1.31. The van der Waals surface area contributed by atoms with Crippen molar-refractivity contribution >= 4 is 28.6 Å². The number of aromatic nitrogens is 2. The molecule has 0 spiro atoms. The zero-order valence-electron chi connectivity index (χ0n) is 8.77. The lowest BCUT2D eigenvalue weighted by molar-refractivity contribution is 1.07. The van der Waals surface area contributed by atoms with Crippen molar-refractivity contribution in [3.63, 3.8) is 0 Å². The molecule has 0 aliphatic heterocycles. The van der Waals surface area contributed by atoms with Crippen LogP contribution in [0.2, 0.25) is 0 Å². The van der Waals surface area contributed by atoms with Gasteiger partial charge in [0.25, 0.3) is 0 Å². The molecule has 0 aliphatic carbocycles. The molecule has 15 heavy (non-hydrogen) atoms. The third kappa shape index (κ3) is 2.21. The number of hydrogen-bond acceptors (Lipinski definition) is 4. The topological polar surface area (TPSA) is 51.8 Å². The lowest BCUT2D eigenvalue weighted by Gasteiger charge is -2.07. The summed E-state index contributed by atoms with van der Waals surface area (Å²) in [6, 6.07) is 7.76. The van der Waals surface area contributed by atoms with E-state index < -0.39 is 0 Å². The van der Waals surface area contributed by atoms with Gasteiger partial charge >= 0.3 is 0 Å². The highest BCUT2D eigenvalue weighted by Crippen LogP contribution is 2.26. The minimum Gasteiger partial charge on any atom is -0.381 e. The predicted molar refractivity (Wildman–Crippen MR) is 64.9 cm³/mol. The summed E-state index contributed by atoms with van der Waals surface area (Å²) in [5.74, 6) is 0.521. The number of thioether (sulfide) groups is 1. The van der Waals surface area contributed by atoms with Crippen molar-refractivity contribution in [1.82, 2.24) is 9.97 Å². The Balaban J connectivity index is 2.52. The second kappa shape index (κ2) is 4.06. The first kappa shape index (κ1) is 10.2. The highest BCUT2D eigenvalue weighted by atomic mass is 32.2. The molecule has 0 saturated heterocycles. The third-order valence-electron chi connectivity index (χ3n) is 1.91. The van der Waals surface area contributed by atoms with Crippen LogP contribution < -0.4 is 5.73 Å². The molecular weight excluding hydrogens is 206 g/mol. The fraction of sp³-hybridized carbons (Fsp3) is 0.273. The average molecular weight is 219 g/mol. The summed E-state index contributed by atoms with van der Waals surface area (Å²) >= 11 is 1.64. The van der Waals surface area contributed by atoms with Crippen LogP contribution in [0.4, 0.5) is 5.82 Å². The van der Waals surface area contributed by atoms with Gasteiger partial charge in [-0.2, -0.15) is 0 Å². The first-order chi connectivity index (χ1) is 7.16. The monoisotopic (exact) mass is 219 g/mol. The van der Waals surface area contributed by atoms with Gasteiger partial charge in [0.05, 0.1) is 11.0 Å². The number of nitrogens with two attached hydrogens (primary N) is 1. The van der Waals surface area contributed by atoms with E-state index in [0.717, 1.165) is 16.1 Å². The molecule has 4 heteroatoms. The van der Waals surface area contributed by atoms with Crippen molar-refractivity contribution in [2.75, 3.05) is 5.73 Å². The Bertz CT molecular complexity index is 482. The smallest absolute Gasteiger partial charge is 0.156 e. The number of nitrogen functional groups attached to an aromatic ring is 1. The SMILES string of the molecule is CC(C)Sc1nc2ccccc2nc1N. The van der Waals surface area contributed by atoms with E-state index in [4.69, 9.17) is 5.73 Å². The molecule has 0 bridgehead atoms. The lowest BCUT2D eigenvalue weighted by Crippen LogP contribution is -1.99. The number of benzene rings is 1. The molecule has 0 fully saturated rings. The van der Waals surface area contributed by atoms with Crippen LogP contribution >= 0.6 is 11.8 Å². The third-order valence-corrected chi connectivity index (χ3v) is 2.91. The molecule has 0 atom stereocenters. The molecule has 2 rings (SSSR count). The number of rotatable bonds is 2. The summed E-state index contributed by atoms with van der Waals surface area (Å²) in [4.78, 5) is 8.81. The van der Waals surface area contributed by atoms with Crippen molar-refractivity contribution in [1.29, 1.82) is 0 Å². The second-order valence-corrected chi connectivity index (χ2v) is 5.13. The van der Waals surface area contributed by atoms with Gasteiger partial charge in [0, 0.05) is 5.25 Å². The van der Waals surface area contributed by atoms with Crippen LogP contribution in [0.3, 0.4) is 0 Å². The van der Waals surface area contributed by atoms with Crippen molar-refractivity contribution in [2.24, 2.45) is 0 Å². The summed E-state index contributed by atoms with van der Waals surface area (Å²) < 4.78 is 0. The van der Waals surface area contributed by atoms with Crippen LogP contribution in [-0.4, -0.2) is 15.2 Å². The van der Waals surface area contributed by atoms with Gasteiger partial charge in [0.1, 0.15) is 5.03 Å². The number of anilines is 1. The van der Waals surface area contributed by atoms with Gasteiger partial charge in [-0.3, -0.25) is 0 Å². The summed E-state index contributed by atoms with van der Waals surface area (Å²) in [6.45, 7) is 4.22. The van der Waals surface area contributed by atoms with E-state index in [1.807, 2.05) is 24.3 Å². The molecule has 3 nitrogen and oxygen atoms in total. The Labute approximate surface area is 93.1 Å². The van der Waals surface area contributed by atoms with Gasteiger partial charge in [-0.1, -0.05) is 37.7 Å². The Morgan fingerprint density at radius 3 is 2.33 bits per heavy atom. The highest BCUT2D eigenvalue weighted by molar-refractivity contribution is 7.99. The molecule has 0 saturated carbocycles. The van der Waals surface area contributed by atoms with E-state index in [-0.39, 0.29) is 0 Å². The average Bonchev–Trinajstić information content (AvgIpc) is 2.18. The maximum atomic E-state index is 5.84. The maximum Gasteiger partial charge on any atom is 0.156 e. The molecule has 78 valence electrons. The number of nitrogens with zero attached hydrogens (tertiary/aromatic N) is 2. The van der Waals surface area contributed by atoms with Crippen LogP contribution in [0.1, 0.15) is 13.8 Å². The van der Waals surface area contributed by atoms with Crippen molar-refractivity contribution in [3.05, 3.63) is 24.3 Å². The first-order valence-electron chi connectivity index (χ1n) is 4.85. The van der Waals surface area contributed by atoms with Gasteiger partial charge in [-0.25, -0.2) is 9.97 Å². The first-order valence-corrected chi connectivity index (χ1v) is 5.73. The molecule has 0 aliphatic rings. The van der Waals surface area contributed by atoms with Crippen LogP contribution in [-0.2, 0) is 0 Å². The summed E-state index contributed by atoms with van der Waals surface area (Å²) in [6.07, 6.45) is 0. The molecule has 0 unspecified atom stereocenters. The van der Waals surface area contributed by atoms with Gasteiger partial charge in [0.2, 0.25) is 0 Å². The fourth-order valence-corrected chi connectivity index (χ4v) is 2.07. The quantitative estimate of drug-likeness (QED) is 0.789. The van der Waals surface area contributed by atoms with Crippen LogP contribution in [0.15, 0.2) is 29.3 Å². The Morgan fingerprint density at radius 2 is 1.73 bits per heavy atom. The lowest BCUT2D eigenvalue weighted by atomic mass is 10.3. The predicted octanol–water partition coefficient (Wildman–Crippen LogP) is 2.71. The molecule has 1 aromatic carbocycles. The van der Waals surface area contributed by atoms with E-state index in [1.54, 1.807) is 11.8 Å². The number of fused-ring (bicyclic) bond motifs is 1. The molecule has 0 radical (unpaired) electrons. The van der Waals surface area contributed by atoms with Crippen molar-refractivity contribution in [3.8, 4) is 0 Å². The standard InChI is InChI=1S/C11H13N3S/c1-7(2)15-11-10(12)13-8-5-3-4-6-9(8)14-11/h3-7H,1-2H3,(H2,12,13). The van der Waals surface area contributed by atoms with E-state index in [9.17, 15) is 0 Å². The van der Waals surface area contributed by atoms with Crippen LogP contribution in [0, 0.1) is 0 Å². The molecule has 2 N–H and O–H groups in total. The zero-order valence-corrected chi connectivity index (χ0v) is 9.58. The van der Waals surface area contributed by atoms with Crippen LogP contribution in [0.5, 0.6) is 0 Å². The van der Waals surface area contributed by atoms with Gasteiger partial charge in [-0.15, -0.1) is 0 Å². The van der Waals surface area contributed by atoms with Gasteiger partial charge in [-0.05, 0) is 12.1 Å². The Hall–Kier alpha value is -1.29.